The number of nitrogens with zero attached hydrogens (tertiary/aromatic N) is 3. The van der Waals surface area contributed by atoms with Gasteiger partial charge in [-0.15, -0.1) is 0 Å². The van der Waals surface area contributed by atoms with Crippen molar-refractivity contribution in [2.45, 2.75) is 39.2 Å². The molecule has 0 bridgehead atoms. The molecule has 1 aliphatic heterocycles. The van der Waals surface area contributed by atoms with Crippen LogP contribution in [-0.4, -0.2) is 45.9 Å². The molecule has 0 aromatic carbocycles. The highest BCUT2D eigenvalue weighted by Crippen LogP contribution is 2.19. The Hall–Kier alpha value is -0.940. The third kappa shape index (κ3) is 3.51. The third-order valence-electron chi connectivity index (χ3n) is 3.27. The molecular formula is C12H21N3O2. The van der Waals surface area contributed by atoms with Gasteiger partial charge >= 0.3 is 0 Å². The standard InChI is InChI=1S/C12H21N3O2/c1-3-15-5-4-10(8-15)7-12-13-11(14-17-12)6-9(2)16/h9-10,16H,3-8H2,1-2H3. The molecule has 5 heteroatoms. The quantitative estimate of drug-likeness (QED) is 0.826. The molecule has 1 fully saturated rings. The van der Waals surface area contributed by atoms with E-state index >= 15 is 0 Å². The number of aliphatic hydroxyl groups excluding tert-OH is 1. The van der Waals surface area contributed by atoms with Gasteiger partial charge in [-0.25, -0.2) is 0 Å². The van der Waals surface area contributed by atoms with Crippen molar-refractivity contribution in [1.29, 1.82) is 0 Å². The van der Waals surface area contributed by atoms with Crippen molar-refractivity contribution in [3.05, 3.63) is 11.7 Å². The average Bonchev–Trinajstić information content (AvgIpc) is 2.88. The molecule has 17 heavy (non-hydrogen) atoms. The molecule has 1 aliphatic rings. The number of hydrogen-bond acceptors (Lipinski definition) is 5. The van der Waals surface area contributed by atoms with Crippen LogP contribution in [0.5, 0.6) is 0 Å². The maximum atomic E-state index is 9.24. The van der Waals surface area contributed by atoms with E-state index in [0.717, 1.165) is 19.5 Å². The van der Waals surface area contributed by atoms with Crippen molar-refractivity contribution in [3.8, 4) is 0 Å². The minimum atomic E-state index is -0.414. The van der Waals surface area contributed by atoms with E-state index in [0.29, 0.717) is 24.1 Å². The number of likely N-dealkylation sites (tertiary alicyclic amines) is 1. The number of hydrogen-bond donors (Lipinski definition) is 1. The molecule has 1 N–H and O–H groups in total. The molecule has 0 amide bonds. The summed E-state index contributed by atoms with van der Waals surface area (Å²) in [6.45, 7) is 7.34. The second kappa shape index (κ2) is 5.60. The van der Waals surface area contributed by atoms with E-state index in [1.807, 2.05) is 0 Å². The number of aromatic nitrogens is 2. The summed E-state index contributed by atoms with van der Waals surface area (Å²) in [6, 6.07) is 0. The lowest BCUT2D eigenvalue weighted by Gasteiger charge is -2.11. The highest BCUT2D eigenvalue weighted by atomic mass is 16.5. The van der Waals surface area contributed by atoms with Gasteiger partial charge in [-0.1, -0.05) is 12.1 Å². The first-order valence-corrected chi connectivity index (χ1v) is 6.39. The summed E-state index contributed by atoms with van der Waals surface area (Å²) in [5.74, 6) is 1.96. The van der Waals surface area contributed by atoms with Crippen LogP contribution in [0.4, 0.5) is 0 Å². The highest BCUT2D eigenvalue weighted by Gasteiger charge is 2.23. The Morgan fingerprint density at radius 2 is 2.41 bits per heavy atom. The molecular weight excluding hydrogens is 218 g/mol. The number of rotatable bonds is 5. The Balaban J connectivity index is 1.85. The van der Waals surface area contributed by atoms with Crippen LogP contribution in [0.25, 0.3) is 0 Å². The molecule has 2 heterocycles. The molecule has 0 spiro atoms. The molecule has 0 radical (unpaired) electrons. The van der Waals surface area contributed by atoms with E-state index in [-0.39, 0.29) is 0 Å². The molecule has 96 valence electrons. The molecule has 2 rings (SSSR count). The van der Waals surface area contributed by atoms with Gasteiger partial charge in [-0.05, 0) is 32.4 Å². The zero-order chi connectivity index (χ0) is 12.3. The van der Waals surface area contributed by atoms with Gasteiger partial charge < -0.3 is 14.5 Å². The topological polar surface area (TPSA) is 62.4 Å². The lowest BCUT2D eigenvalue weighted by atomic mass is 10.1. The van der Waals surface area contributed by atoms with Crippen LogP contribution in [0, 0.1) is 5.92 Å². The van der Waals surface area contributed by atoms with E-state index in [2.05, 4.69) is 22.0 Å². The van der Waals surface area contributed by atoms with Gasteiger partial charge in [0.25, 0.3) is 0 Å². The van der Waals surface area contributed by atoms with Crippen molar-refractivity contribution in [2.24, 2.45) is 5.92 Å². The van der Waals surface area contributed by atoms with Crippen LogP contribution in [0.1, 0.15) is 32.0 Å². The summed E-state index contributed by atoms with van der Waals surface area (Å²) in [4.78, 5) is 6.75. The summed E-state index contributed by atoms with van der Waals surface area (Å²) in [5, 5.41) is 13.1. The normalized spacial score (nSPS) is 23.1. The van der Waals surface area contributed by atoms with Crippen LogP contribution in [0.2, 0.25) is 0 Å². The molecule has 1 aromatic rings. The van der Waals surface area contributed by atoms with Crippen molar-refractivity contribution < 1.29 is 9.63 Å². The third-order valence-corrected chi connectivity index (χ3v) is 3.27. The molecule has 0 aliphatic carbocycles. The fourth-order valence-corrected chi connectivity index (χ4v) is 2.33. The second-order valence-electron chi connectivity index (χ2n) is 4.91. The fourth-order valence-electron chi connectivity index (χ4n) is 2.33. The summed E-state index contributed by atoms with van der Waals surface area (Å²) in [5.41, 5.74) is 0. The Labute approximate surface area is 102 Å². The first kappa shape index (κ1) is 12.5. The van der Waals surface area contributed by atoms with Crippen LogP contribution in [-0.2, 0) is 12.8 Å². The SMILES string of the molecule is CCN1CCC(Cc2nc(CC(C)O)no2)C1. The summed E-state index contributed by atoms with van der Waals surface area (Å²) in [6.07, 6.45) is 2.13. The largest absolute Gasteiger partial charge is 0.393 e. The van der Waals surface area contributed by atoms with Crippen LogP contribution >= 0.6 is 0 Å². The summed E-state index contributed by atoms with van der Waals surface area (Å²) < 4.78 is 5.21. The van der Waals surface area contributed by atoms with Crippen LogP contribution in [0.3, 0.4) is 0 Å². The Morgan fingerprint density at radius 1 is 1.59 bits per heavy atom. The molecule has 2 unspecified atom stereocenters. The zero-order valence-corrected chi connectivity index (χ0v) is 10.6. The molecule has 1 aromatic heterocycles. The van der Waals surface area contributed by atoms with Crippen molar-refractivity contribution in [1.82, 2.24) is 15.0 Å². The predicted molar refractivity (Wildman–Crippen MR) is 63.6 cm³/mol. The van der Waals surface area contributed by atoms with E-state index in [1.165, 1.54) is 13.0 Å². The highest BCUT2D eigenvalue weighted by molar-refractivity contribution is 4.91. The van der Waals surface area contributed by atoms with Crippen LogP contribution < -0.4 is 0 Å². The van der Waals surface area contributed by atoms with Gasteiger partial charge in [0, 0.05) is 19.4 Å². The predicted octanol–water partition coefficient (Wildman–Crippen LogP) is 0.877. The lowest BCUT2D eigenvalue weighted by Crippen LogP contribution is -2.20. The second-order valence-corrected chi connectivity index (χ2v) is 4.91. The van der Waals surface area contributed by atoms with Gasteiger partial charge in [-0.3, -0.25) is 0 Å². The van der Waals surface area contributed by atoms with Gasteiger partial charge in [0.1, 0.15) is 0 Å². The lowest BCUT2D eigenvalue weighted by molar-refractivity contribution is 0.191. The first-order valence-electron chi connectivity index (χ1n) is 6.39. The minimum absolute atomic E-state index is 0.414. The summed E-state index contributed by atoms with van der Waals surface area (Å²) >= 11 is 0. The minimum Gasteiger partial charge on any atom is -0.393 e. The maximum absolute atomic E-state index is 9.24. The van der Waals surface area contributed by atoms with Gasteiger partial charge in [0.15, 0.2) is 5.82 Å². The van der Waals surface area contributed by atoms with E-state index in [4.69, 9.17) is 4.52 Å². The van der Waals surface area contributed by atoms with E-state index < -0.39 is 6.10 Å². The maximum Gasteiger partial charge on any atom is 0.226 e. The fraction of sp³-hybridized carbons (Fsp3) is 0.833. The van der Waals surface area contributed by atoms with Crippen molar-refractivity contribution in [3.63, 3.8) is 0 Å². The van der Waals surface area contributed by atoms with E-state index in [1.54, 1.807) is 6.92 Å². The van der Waals surface area contributed by atoms with Crippen LogP contribution in [0.15, 0.2) is 4.52 Å². The average molecular weight is 239 g/mol. The Bertz CT molecular complexity index is 351. The molecule has 5 nitrogen and oxygen atoms in total. The van der Waals surface area contributed by atoms with Crippen molar-refractivity contribution >= 4 is 0 Å². The monoisotopic (exact) mass is 239 g/mol. The van der Waals surface area contributed by atoms with Gasteiger partial charge in [0.05, 0.1) is 6.10 Å². The molecule has 1 saturated heterocycles. The summed E-state index contributed by atoms with van der Waals surface area (Å²) in [7, 11) is 0. The molecule has 2 atom stereocenters. The smallest absolute Gasteiger partial charge is 0.226 e. The Morgan fingerprint density at radius 3 is 3.06 bits per heavy atom. The van der Waals surface area contributed by atoms with Crippen molar-refractivity contribution in [2.75, 3.05) is 19.6 Å². The number of aliphatic hydroxyl groups is 1. The van der Waals surface area contributed by atoms with Gasteiger partial charge in [-0.2, -0.15) is 4.98 Å². The first-order chi connectivity index (χ1) is 8.17. The van der Waals surface area contributed by atoms with E-state index in [9.17, 15) is 5.11 Å². The zero-order valence-electron chi connectivity index (χ0n) is 10.6. The van der Waals surface area contributed by atoms with Gasteiger partial charge in [0.2, 0.25) is 5.89 Å². The molecule has 0 saturated carbocycles. The Kier molecular flexibility index (Phi) is 4.12.